The third kappa shape index (κ3) is 6.38. The Morgan fingerprint density at radius 3 is 2.43 bits per heavy atom. The normalized spacial score (nSPS) is 14.8. The van der Waals surface area contributed by atoms with Crippen LogP contribution >= 0.6 is 11.8 Å². The molecule has 1 aromatic rings. The van der Waals surface area contributed by atoms with Crippen LogP contribution in [-0.4, -0.2) is 50.2 Å². The Kier molecular flexibility index (Phi) is 7.73. The van der Waals surface area contributed by atoms with Crippen molar-refractivity contribution in [3.63, 3.8) is 0 Å². The Balaban J connectivity index is 2.63. The van der Waals surface area contributed by atoms with Gasteiger partial charge in [-0.15, -0.1) is 0 Å². The van der Waals surface area contributed by atoms with Crippen LogP contribution in [0, 0.1) is 0 Å². The monoisotopic (exact) mass is 331 g/mol. The first-order chi connectivity index (χ1) is 9.93. The number of hydrogen-bond donors (Lipinski definition) is 2. The van der Waals surface area contributed by atoms with Crippen LogP contribution in [0.25, 0.3) is 0 Å². The summed E-state index contributed by atoms with van der Waals surface area (Å²) < 4.78 is 22.2. The van der Waals surface area contributed by atoms with E-state index in [4.69, 9.17) is 0 Å². The van der Waals surface area contributed by atoms with Gasteiger partial charge in [0.2, 0.25) is 0 Å². The number of likely N-dealkylation sites (N-methyl/N-ethyl adjacent to an activating group) is 1. The molecule has 0 aromatic heterocycles. The van der Waals surface area contributed by atoms with Gasteiger partial charge in [-0.3, -0.25) is 0 Å². The summed E-state index contributed by atoms with van der Waals surface area (Å²) in [6.07, 6.45) is 2.02. The minimum atomic E-state index is -2.89. The van der Waals surface area contributed by atoms with E-state index in [0.717, 1.165) is 24.3 Å². The molecule has 0 aliphatic carbocycles. The summed E-state index contributed by atoms with van der Waals surface area (Å²) in [5.41, 5.74) is 0.617. The average Bonchev–Trinajstić information content (AvgIpc) is 2.45. The molecule has 0 aliphatic heterocycles. The Hall–Kier alpha value is -0.560. The van der Waals surface area contributed by atoms with Gasteiger partial charge in [-0.05, 0) is 24.3 Å². The van der Waals surface area contributed by atoms with Gasteiger partial charge in [0.25, 0.3) is 0 Å². The molecule has 0 amide bonds. The van der Waals surface area contributed by atoms with Crippen molar-refractivity contribution in [2.75, 3.05) is 36.7 Å². The lowest BCUT2D eigenvalue weighted by Crippen LogP contribution is -2.46. The Labute approximate surface area is 132 Å². The molecule has 0 saturated carbocycles. The summed E-state index contributed by atoms with van der Waals surface area (Å²) in [5, 5.41) is 13.3. The topological polar surface area (TPSA) is 66.4 Å². The second kappa shape index (κ2) is 8.78. The van der Waals surface area contributed by atoms with E-state index in [1.54, 1.807) is 11.8 Å². The molecule has 1 rings (SSSR count). The third-order valence-corrected chi connectivity index (χ3v) is 5.57. The zero-order chi connectivity index (χ0) is 15.8. The average molecular weight is 332 g/mol. The molecule has 0 aliphatic rings. The molecule has 4 nitrogen and oxygen atoms in total. The number of hydrogen-bond acceptors (Lipinski definition) is 5. The molecule has 2 N–H and O–H groups in total. The SMILES string of the molecule is CCNC(CO)(CCSCCS(C)(=O)=O)c1ccccc1. The van der Waals surface area contributed by atoms with Crippen molar-refractivity contribution in [1.29, 1.82) is 0 Å². The number of rotatable bonds is 10. The molecule has 0 bridgehead atoms. The van der Waals surface area contributed by atoms with Gasteiger partial charge in [-0.1, -0.05) is 37.3 Å². The molecule has 0 spiro atoms. The van der Waals surface area contributed by atoms with Crippen molar-refractivity contribution in [2.45, 2.75) is 18.9 Å². The van der Waals surface area contributed by atoms with Gasteiger partial charge in [-0.25, -0.2) is 8.42 Å². The Morgan fingerprint density at radius 2 is 1.90 bits per heavy atom. The standard InChI is InChI=1S/C15H25NO3S2/c1-3-16-15(13-17,14-7-5-4-6-8-14)9-10-20-11-12-21(2,18)19/h4-8,16-17H,3,9-13H2,1-2H3. The fraction of sp³-hybridized carbons (Fsp3) is 0.600. The Morgan fingerprint density at radius 1 is 1.24 bits per heavy atom. The van der Waals surface area contributed by atoms with Crippen molar-refractivity contribution in [3.8, 4) is 0 Å². The zero-order valence-corrected chi connectivity index (χ0v) is 14.3. The highest BCUT2D eigenvalue weighted by Gasteiger charge is 2.29. The van der Waals surface area contributed by atoms with E-state index in [9.17, 15) is 13.5 Å². The maximum absolute atomic E-state index is 11.1. The van der Waals surface area contributed by atoms with Crippen LogP contribution in [0.1, 0.15) is 18.9 Å². The molecule has 120 valence electrons. The third-order valence-electron chi connectivity index (χ3n) is 3.38. The largest absolute Gasteiger partial charge is 0.394 e. The number of sulfone groups is 1. The maximum atomic E-state index is 11.1. The van der Waals surface area contributed by atoms with Gasteiger partial charge < -0.3 is 10.4 Å². The second-order valence-electron chi connectivity index (χ2n) is 5.13. The van der Waals surface area contributed by atoms with Crippen molar-refractivity contribution < 1.29 is 13.5 Å². The summed E-state index contributed by atoms with van der Waals surface area (Å²) in [6, 6.07) is 9.92. The summed E-state index contributed by atoms with van der Waals surface area (Å²) in [5.74, 6) is 1.61. The van der Waals surface area contributed by atoms with E-state index in [-0.39, 0.29) is 12.4 Å². The maximum Gasteiger partial charge on any atom is 0.148 e. The van der Waals surface area contributed by atoms with Crippen LogP contribution in [-0.2, 0) is 15.4 Å². The quantitative estimate of drug-likeness (QED) is 0.638. The molecule has 0 fully saturated rings. The molecule has 21 heavy (non-hydrogen) atoms. The minimum absolute atomic E-state index is 0.0253. The molecule has 0 heterocycles. The van der Waals surface area contributed by atoms with E-state index in [1.165, 1.54) is 6.26 Å². The van der Waals surface area contributed by atoms with E-state index < -0.39 is 15.4 Å². The minimum Gasteiger partial charge on any atom is -0.394 e. The van der Waals surface area contributed by atoms with Crippen molar-refractivity contribution in [2.24, 2.45) is 0 Å². The van der Waals surface area contributed by atoms with Crippen LogP contribution in [0.15, 0.2) is 30.3 Å². The van der Waals surface area contributed by atoms with Crippen LogP contribution < -0.4 is 5.32 Å². The molecule has 0 radical (unpaired) electrons. The number of aliphatic hydroxyl groups is 1. The van der Waals surface area contributed by atoms with Crippen LogP contribution in [0.2, 0.25) is 0 Å². The number of thioether (sulfide) groups is 1. The highest BCUT2D eigenvalue weighted by Crippen LogP contribution is 2.26. The molecule has 6 heteroatoms. The van der Waals surface area contributed by atoms with Crippen LogP contribution in [0.5, 0.6) is 0 Å². The number of benzene rings is 1. The van der Waals surface area contributed by atoms with Gasteiger partial charge in [0.1, 0.15) is 9.84 Å². The van der Waals surface area contributed by atoms with Crippen molar-refractivity contribution in [1.82, 2.24) is 5.32 Å². The van der Waals surface area contributed by atoms with Gasteiger partial charge in [0.15, 0.2) is 0 Å². The predicted molar refractivity (Wildman–Crippen MR) is 90.5 cm³/mol. The summed E-state index contributed by atoms with van der Waals surface area (Å²) in [6.45, 7) is 2.81. The number of nitrogens with one attached hydrogen (secondary N) is 1. The molecule has 1 unspecified atom stereocenters. The molecular weight excluding hydrogens is 306 g/mol. The van der Waals surface area contributed by atoms with E-state index >= 15 is 0 Å². The lowest BCUT2D eigenvalue weighted by molar-refractivity contribution is 0.158. The lowest BCUT2D eigenvalue weighted by Gasteiger charge is -2.33. The van der Waals surface area contributed by atoms with Crippen LogP contribution in [0.3, 0.4) is 0 Å². The molecule has 1 aromatic carbocycles. The Bertz CT molecular complexity index is 505. The van der Waals surface area contributed by atoms with E-state index in [2.05, 4.69) is 5.32 Å². The molecule has 0 saturated heterocycles. The highest BCUT2D eigenvalue weighted by atomic mass is 32.2. The predicted octanol–water partition coefficient (Wildman–Crippen LogP) is 1.65. The highest BCUT2D eigenvalue weighted by molar-refractivity contribution is 8.00. The lowest BCUT2D eigenvalue weighted by atomic mass is 9.88. The van der Waals surface area contributed by atoms with Crippen molar-refractivity contribution >= 4 is 21.6 Å². The fourth-order valence-electron chi connectivity index (χ4n) is 2.22. The zero-order valence-electron chi connectivity index (χ0n) is 12.7. The number of aliphatic hydroxyl groups excluding tert-OH is 1. The first-order valence-electron chi connectivity index (χ1n) is 7.10. The molecular formula is C15H25NO3S2. The van der Waals surface area contributed by atoms with Crippen molar-refractivity contribution in [3.05, 3.63) is 35.9 Å². The smallest absolute Gasteiger partial charge is 0.148 e. The van der Waals surface area contributed by atoms with Gasteiger partial charge in [0, 0.05) is 12.0 Å². The summed E-state index contributed by atoms with van der Waals surface area (Å²) in [4.78, 5) is 0. The summed E-state index contributed by atoms with van der Waals surface area (Å²) >= 11 is 1.61. The first kappa shape index (κ1) is 18.5. The van der Waals surface area contributed by atoms with E-state index in [0.29, 0.717) is 5.75 Å². The second-order valence-corrected chi connectivity index (χ2v) is 8.61. The molecule has 1 atom stereocenters. The first-order valence-corrected chi connectivity index (χ1v) is 10.3. The van der Waals surface area contributed by atoms with E-state index in [1.807, 2.05) is 37.3 Å². The summed E-state index contributed by atoms with van der Waals surface area (Å²) in [7, 11) is -2.89. The van der Waals surface area contributed by atoms with Crippen LogP contribution in [0.4, 0.5) is 0 Å². The fourth-order valence-corrected chi connectivity index (χ4v) is 4.59. The van der Waals surface area contributed by atoms with Gasteiger partial charge in [0.05, 0.1) is 17.9 Å². The van der Waals surface area contributed by atoms with Gasteiger partial charge >= 0.3 is 0 Å². The van der Waals surface area contributed by atoms with Gasteiger partial charge in [-0.2, -0.15) is 11.8 Å².